The van der Waals surface area contributed by atoms with E-state index < -0.39 is 7.37 Å². The first-order valence-electron chi connectivity index (χ1n) is 4.46. The molecule has 13 heavy (non-hydrogen) atoms. The number of hydrogen-bond acceptors (Lipinski definition) is 3. The Morgan fingerprint density at radius 1 is 1.54 bits per heavy atom. The number of ether oxygens (including phenoxy) is 1. The van der Waals surface area contributed by atoms with Gasteiger partial charge in [0.25, 0.3) is 0 Å². The van der Waals surface area contributed by atoms with Gasteiger partial charge in [0.05, 0.1) is 12.7 Å². The van der Waals surface area contributed by atoms with Crippen LogP contribution in [0.1, 0.15) is 13.8 Å². The summed E-state index contributed by atoms with van der Waals surface area (Å²) in [4.78, 5) is 9.13. The lowest BCUT2D eigenvalue weighted by atomic mass is 10.2. The molecule has 3 N–H and O–H groups in total. The lowest BCUT2D eigenvalue weighted by Crippen LogP contribution is -2.25. The summed E-state index contributed by atoms with van der Waals surface area (Å²) in [5.41, 5.74) is 5.45. The molecule has 80 valence electrons. The summed E-state index contributed by atoms with van der Waals surface area (Å²) in [6.45, 7) is 6.07. The van der Waals surface area contributed by atoms with E-state index in [0.717, 1.165) is 0 Å². The summed E-state index contributed by atoms with van der Waals surface area (Å²) < 4.78 is 16.4. The molecular formula is C8H20NO3P. The molecule has 0 spiro atoms. The van der Waals surface area contributed by atoms with E-state index in [9.17, 15) is 4.57 Å². The molecule has 0 saturated carbocycles. The quantitative estimate of drug-likeness (QED) is 0.637. The largest absolute Gasteiger partial charge is 0.378 e. The van der Waals surface area contributed by atoms with Crippen LogP contribution in [0.15, 0.2) is 0 Å². The van der Waals surface area contributed by atoms with Crippen LogP contribution in [0.2, 0.25) is 0 Å². The van der Waals surface area contributed by atoms with E-state index in [0.29, 0.717) is 13.2 Å². The number of nitrogens with two attached hydrogens (primary N) is 1. The van der Waals surface area contributed by atoms with Crippen molar-refractivity contribution in [3.05, 3.63) is 0 Å². The predicted octanol–water partition coefficient (Wildman–Crippen LogP) is 0.887. The highest BCUT2D eigenvalue weighted by molar-refractivity contribution is 7.57. The van der Waals surface area contributed by atoms with Crippen molar-refractivity contribution < 1.29 is 14.2 Å². The van der Waals surface area contributed by atoms with Crippen LogP contribution in [0.25, 0.3) is 0 Å². The van der Waals surface area contributed by atoms with E-state index in [1.54, 1.807) is 0 Å². The van der Waals surface area contributed by atoms with E-state index in [-0.39, 0.29) is 18.2 Å². The van der Waals surface area contributed by atoms with Crippen molar-refractivity contribution in [1.82, 2.24) is 0 Å². The zero-order chi connectivity index (χ0) is 10.5. The van der Waals surface area contributed by atoms with Crippen LogP contribution < -0.4 is 5.73 Å². The van der Waals surface area contributed by atoms with Gasteiger partial charge in [-0.2, -0.15) is 0 Å². The average molecular weight is 209 g/mol. The second kappa shape index (κ2) is 5.76. The fraction of sp³-hybridized carbons (Fsp3) is 1.00. The van der Waals surface area contributed by atoms with Crippen molar-refractivity contribution in [2.45, 2.75) is 20.0 Å². The van der Waals surface area contributed by atoms with Gasteiger partial charge in [0.15, 0.2) is 7.37 Å². The average Bonchev–Trinajstić information content (AvgIpc) is 1.95. The molecular weight excluding hydrogens is 189 g/mol. The first kappa shape index (κ1) is 13.1. The second-order valence-corrected chi connectivity index (χ2v) is 6.18. The molecule has 0 aromatic heterocycles. The summed E-state index contributed by atoms with van der Waals surface area (Å²) in [5, 5.41) is 0. The molecule has 0 aromatic rings. The van der Waals surface area contributed by atoms with E-state index in [1.807, 2.05) is 13.8 Å². The van der Waals surface area contributed by atoms with Crippen LogP contribution in [-0.2, 0) is 9.30 Å². The van der Waals surface area contributed by atoms with Crippen molar-refractivity contribution in [3.63, 3.8) is 0 Å². The Hall–Kier alpha value is 0.110. The van der Waals surface area contributed by atoms with Crippen molar-refractivity contribution in [2.24, 2.45) is 11.7 Å². The summed E-state index contributed by atoms with van der Waals surface area (Å²) in [6.07, 6.45) is 0.389. The molecule has 0 aliphatic heterocycles. The van der Waals surface area contributed by atoms with Crippen LogP contribution >= 0.6 is 7.37 Å². The molecule has 0 saturated heterocycles. The van der Waals surface area contributed by atoms with Crippen molar-refractivity contribution in [2.75, 3.05) is 26.0 Å². The Bertz CT molecular complexity index is 178. The molecule has 0 aliphatic rings. The zero-order valence-corrected chi connectivity index (χ0v) is 9.46. The summed E-state index contributed by atoms with van der Waals surface area (Å²) >= 11 is 0. The first-order chi connectivity index (χ1) is 5.85. The molecule has 0 rings (SSSR count). The third-order valence-corrected chi connectivity index (χ3v) is 2.79. The fourth-order valence-electron chi connectivity index (χ4n) is 1.00. The Balaban J connectivity index is 3.83. The molecule has 0 amide bonds. The zero-order valence-electron chi connectivity index (χ0n) is 8.56. The Morgan fingerprint density at radius 2 is 2.08 bits per heavy atom. The summed E-state index contributed by atoms with van der Waals surface area (Å²) in [6, 6.07) is 0. The maximum absolute atomic E-state index is 11.1. The van der Waals surface area contributed by atoms with Crippen LogP contribution in [0.3, 0.4) is 0 Å². The SMILES string of the molecule is CC(C)OCC(CN)CP(C)(=O)O. The fourth-order valence-corrected chi connectivity index (χ4v) is 2.22. The van der Waals surface area contributed by atoms with E-state index in [1.165, 1.54) is 6.66 Å². The molecule has 0 radical (unpaired) electrons. The summed E-state index contributed by atoms with van der Waals surface area (Å²) in [5.74, 6) is -0.0109. The number of rotatable bonds is 6. The molecule has 2 atom stereocenters. The molecule has 0 aliphatic carbocycles. The van der Waals surface area contributed by atoms with Crippen LogP contribution in [-0.4, -0.2) is 37.0 Å². The van der Waals surface area contributed by atoms with Crippen molar-refractivity contribution in [1.29, 1.82) is 0 Å². The van der Waals surface area contributed by atoms with Gasteiger partial charge in [-0.3, -0.25) is 4.57 Å². The Morgan fingerprint density at radius 3 is 2.38 bits per heavy atom. The molecule has 0 fully saturated rings. The van der Waals surface area contributed by atoms with Gasteiger partial charge in [-0.05, 0) is 20.4 Å². The van der Waals surface area contributed by atoms with Crippen molar-refractivity contribution in [3.8, 4) is 0 Å². The Labute approximate surface area is 79.9 Å². The van der Waals surface area contributed by atoms with Crippen LogP contribution in [0.4, 0.5) is 0 Å². The predicted molar refractivity (Wildman–Crippen MR) is 54.2 cm³/mol. The van der Waals surface area contributed by atoms with Gasteiger partial charge in [-0.1, -0.05) is 0 Å². The third-order valence-electron chi connectivity index (χ3n) is 1.60. The third kappa shape index (κ3) is 8.44. The van der Waals surface area contributed by atoms with Crippen LogP contribution in [0, 0.1) is 5.92 Å². The van der Waals surface area contributed by atoms with Gasteiger partial charge in [-0.15, -0.1) is 0 Å². The standard InChI is InChI=1S/C8H20NO3P/c1-7(2)12-5-8(4-9)6-13(3,10)11/h7-8H,4-6,9H2,1-3H3,(H,10,11). The summed E-state index contributed by atoms with van der Waals surface area (Å²) in [7, 11) is -2.96. The molecule has 0 heterocycles. The van der Waals surface area contributed by atoms with E-state index in [4.69, 9.17) is 15.4 Å². The van der Waals surface area contributed by atoms with Gasteiger partial charge in [0, 0.05) is 18.7 Å². The highest BCUT2D eigenvalue weighted by atomic mass is 31.2. The molecule has 0 bridgehead atoms. The van der Waals surface area contributed by atoms with Gasteiger partial charge < -0.3 is 15.4 Å². The molecule has 4 nitrogen and oxygen atoms in total. The first-order valence-corrected chi connectivity index (χ1v) is 6.75. The normalized spacial score (nSPS) is 18.6. The minimum Gasteiger partial charge on any atom is -0.378 e. The van der Waals surface area contributed by atoms with E-state index >= 15 is 0 Å². The maximum atomic E-state index is 11.1. The second-order valence-electron chi connectivity index (χ2n) is 3.72. The monoisotopic (exact) mass is 209 g/mol. The van der Waals surface area contributed by atoms with Gasteiger partial charge >= 0.3 is 0 Å². The van der Waals surface area contributed by atoms with Crippen LogP contribution in [0.5, 0.6) is 0 Å². The van der Waals surface area contributed by atoms with Gasteiger partial charge in [0.2, 0.25) is 0 Å². The highest BCUT2D eigenvalue weighted by Crippen LogP contribution is 2.37. The van der Waals surface area contributed by atoms with Crippen molar-refractivity contribution >= 4 is 7.37 Å². The van der Waals surface area contributed by atoms with Gasteiger partial charge in [0.1, 0.15) is 0 Å². The maximum Gasteiger partial charge on any atom is 0.198 e. The van der Waals surface area contributed by atoms with E-state index in [2.05, 4.69) is 0 Å². The lowest BCUT2D eigenvalue weighted by molar-refractivity contribution is 0.0574. The number of hydrogen-bond donors (Lipinski definition) is 2. The van der Waals surface area contributed by atoms with Gasteiger partial charge in [-0.25, -0.2) is 0 Å². The molecule has 5 heteroatoms. The highest BCUT2D eigenvalue weighted by Gasteiger charge is 2.18. The minimum atomic E-state index is -2.96. The minimum absolute atomic E-state index is 0.0109. The topological polar surface area (TPSA) is 72.5 Å². The molecule has 0 aromatic carbocycles. The Kier molecular flexibility index (Phi) is 5.81. The molecule has 2 unspecified atom stereocenters. The smallest absolute Gasteiger partial charge is 0.198 e. The lowest BCUT2D eigenvalue weighted by Gasteiger charge is -2.18.